The van der Waals surface area contributed by atoms with Crippen LogP contribution in [0.2, 0.25) is 0 Å². The molecule has 0 aromatic heterocycles. The first kappa shape index (κ1) is 17.2. The monoisotopic (exact) mass is 348 g/mol. The molecular formula is C17H20N2O6. The van der Waals surface area contributed by atoms with Crippen LogP contribution < -0.4 is 4.74 Å². The van der Waals surface area contributed by atoms with Gasteiger partial charge in [0.25, 0.3) is 5.69 Å². The molecule has 1 aromatic rings. The number of carbonyl (C=O) groups excluding carboxylic acids is 2. The van der Waals surface area contributed by atoms with Gasteiger partial charge in [-0.1, -0.05) is 0 Å². The number of nitro benzene ring substituents is 1. The number of nitro groups is 1. The van der Waals surface area contributed by atoms with E-state index < -0.39 is 22.2 Å². The summed E-state index contributed by atoms with van der Waals surface area (Å²) in [5, 5.41) is 10.9. The predicted octanol–water partition coefficient (Wildman–Crippen LogP) is 2.94. The van der Waals surface area contributed by atoms with Gasteiger partial charge in [-0.3, -0.25) is 14.9 Å². The standard InChI is InChI=1S/C17H20N2O6/c1-16(2,3)25-15(21)18-7-6-17(10-18)9-13(20)12-8-11(19(22)23)4-5-14(12)24-17/h4-5,8H,6-7,9-10H2,1-3H3/t17-/m0/s1. The molecular weight excluding hydrogens is 328 g/mol. The van der Waals surface area contributed by atoms with Gasteiger partial charge in [0.05, 0.1) is 23.5 Å². The molecule has 1 atom stereocenters. The SMILES string of the molecule is CC(C)(C)OC(=O)N1CC[C@]2(CC(=O)c3cc([N+](=O)[O-])ccc3O2)C1. The van der Waals surface area contributed by atoms with E-state index in [4.69, 9.17) is 9.47 Å². The lowest BCUT2D eigenvalue weighted by atomic mass is 9.89. The number of amides is 1. The maximum Gasteiger partial charge on any atom is 0.410 e. The lowest BCUT2D eigenvalue weighted by Crippen LogP contribution is -2.46. The number of likely N-dealkylation sites (tertiary alicyclic amines) is 1. The van der Waals surface area contributed by atoms with Crippen LogP contribution in [0.3, 0.4) is 0 Å². The fraction of sp³-hybridized carbons (Fsp3) is 0.529. The number of non-ortho nitro benzene ring substituents is 1. The van der Waals surface area contributed by atoms with Crippen LogP contribution in [0.4, 0.5) is 10.5 Å². The maximum atomic E-state index is 12.5. The first-order chi connectivity index (χ1) is 11.6. The minimum Gasteiger partial charge on any atom is -0.484 e. The normalized spacial score (nSPS) is 22.5. The Bertz CT molecular complexity index is 754. The summed E-state index contributed by atoms with van der Waals surface area (Å²) >= 11 is 0. The van der Waals surface area contributed by atoms with Crippen molar-refractivity contribution in [2.75, 3.05) is 13.1 Å². The molecule has 2 aliphatic rings. The van der Waals surface area contributed by atoms with Gasteiger partial charge in [0, 0.05) is 25.1 Å². The van der Waals surface area contributed by atoms with Crippen LogP contribution in [0.5, 0.6) is 5.75 Å². The van der Waals surface area contributed by atoms with Crippen LogP contribution >= 0.6 is 0 Å². The molecule has 134 valence electrons. The van der Waals surface area contributed by atoms with E-state index in [1.54, 1.807) is 20.8 Å². The summed E-state index contributed by atoms with van der Waals surface area (Å²) in [4.78, 5) is 36.6. The molecule has 25 heavy (non-hydrogen) atoms. The number of ether oxygens (including phenoxy) is 2. The molecule has 2 heterocycles. The van der Waals surface area contributed by atoms with Gasteiger partial charge in [0.1, 0.15) is 17.0 Å². The molecule has 1 spiro atoms. The highest BCUT2D eigenvalue weighted by atomic mass is 16.6. The van der Waals surface area contributed by atoms with Crippen molar-refractivity contribution in [3.05, 3.63) is 33.9 Å². The molecule has 2 aliphatic heterocycles. The van der Waals surface area contributed by atoms with E-state index in [0.29, 0.717) is 18.7 Å². The van der Waals surface area contributed by atoms with Crippen LogP contribution in [0.25, 0.3) is 0 Å². The number of hydrogen-bond donors (Lipinski definition) is 0. The topological polar surface area (TPSA) is 99.0 Å². The Hall–Kier alpha value is -2.64. The van der Waals surface area contributed by atoms with Crippen molar-refractivity contribution in [2.45, 2.75) is 44.8 Å². The fourth-order valence-electron chi connectivity index (χ4n) is 3.15. The van der Waals surface area contributed by atoms with E-state index in [1.165, 1.54) is 23.1 Å². The third-order valence-corrected chi connectivity index (χ3v) is 4.25. The molecule has 1 amide bonds. The van der Waals surface area contributed by atoms with Crippen molar-refractivity contribution in [1.82, 2.24) is 4.90 Å². The molecule has 0 bridgehead atoms. The van der Waals surface area contributed by atoms with Crippen LogP contribution in [-0.2, 0) is 4.74 Å². The number of benzene rings is 1. The summed E-state index contributed by atoms with van der Waals surface area (Å²) in [5.74, 6) is 0.115. The first-order valence-corrected chi connectivity index (χ1v) is 8.07. The lowest BCUT2D eigenvalue weighted by Gasteiger charge is -2.34. The van der Waals surface area contributed by atoms with Crippen LogP contribution in [0.15, 0.2) is 18.2 Å². The minimum absolute atomic E-state index is 0.0838. The second kappa shape index (κ2) is 5.72. The highest BCUT2D eigenvalue weighted by molar-refractivity contribution is 6.01. The number of Topliss-reactive ketones (excluding diaryl/α,β-unsaturated/α-hetero) is 1. The Labute approximate surface area is 144 Å². The molecule has 0 unspecified atom stereocenters. The van der Waals surface area contributed by atoms with Gasteiger partial charge in [-0.05, 0) is 26.8 Å². The summed E-state index contributed by atoms with van der Waals surface area (Å²) in [6, 6.07) is 4.00. The zero-order valence-electron chi connectivity index (χ0n) is 14.4. The Morgan fingerprint density at radius 3 is 2.76 bits per heavy atom. The maximum absolute atomic E-state index is 12.5. The molecule has 0 saturated carbocycles. The number of rotatable bonds is 1. The summed E-state index contributed by atoms with van der Waals surface area (Å²) in [7, 11) is 0. The molecule has 3 rings (SSSR count). The zero-order chi connectivity index (χ0) is 18.4. The quantitative estimate of drug-likeness (QED) is 0.571. The second-order valence-corrected chi connectivity index (χ2v) is 7.47. The predicted molar refractivity (Wildman–Crippen MR) is 87.8 cm³/mol. The zero-order valence-corrected chi connectivity index (χ0v) is 14.4. The number of nitrogens with zero attached hydrogens (tertiary/aromatic N) is 2. The third kappa shape index (κ3) is 3.42. The van der Waals surface area contributed by atoms with Crippen molar-refractivity contribution in [3.8, 4) is 5.75 Å². The summed E-state index contributed by atoms with van der Waals surface area (Å²) in [6.45, 7) is 6.07. The van der Waals surface area contributed by atoms with Gasteiger partial charge in [-0.15, -0.1) is 0 Å². The van der Waals surface area contributed by atoms with Crippen LogP contribution in [0.1, 0.15) is 44.0 Å². The molecule has 8 heteroatoms. The van der Waals surface area contributed by atoms with Crippen molar-refractivity contribution < 1.29 is 24.0 Å². The number of fused-ring (bicyclic) bond motifs is 1. The highest BCUT2D eigenvalue weighted by Gasteiger charge is 2.48. The summed E-state index contributed by atoms with van der Waals surface area (Å²) in [6.07, 6.45) is 0.157. The molecule has 0 aliphatic carbocycles. The highest BCUT2D eigenvalue weighted by Crippen LogP contribution is 2.40. The Morgan fingerprint density at radius 2 is 2.12 bits per heavy atom. The van der Waals surface area contributed by atoms with E-state index in [2.05, 4.69) is 0 Å². The number of carbonyl (C=O) groups is 2. The fourth-order valence-corrected chi connectivity index (χ4v) is 3.15. The molecule has 0 radical (unpaired) electrons. The number of ketones is 1. The Balaban J connectivity index is 1.79. The Morgan fingerprint density at radius 1 is 1.40 bits per heavy atom. The lowest BCUT2D eigenvalue weighted by molar-refractivity contribution is -0.384. The molecule has 1 fully saturated rings. The van der Waals surface area contributed by atoms with Crippen LogP contribution in [-0.4, -0.2) is 46.0 Å². The third-order valence-electron chi connectivity index (χ3n) is 4.25. The van der Waals surface area contributed by atoms with Gasteiger partial charge in [-0.2, -0.15) is 0 Å². The van der Waals surface area contributed by atoms with Gasteiger partial charge in [0.15, 0.2) is 5.78 Å². The molecule has 1 aromatic carbocycles. The minimum atomic E-state index is -0.795. The van der Waals surface area contributed by atoms with Crippen molar-refractivity contribution in [2.24, 2.45) is 0 Å². The summed E-state index contributed by atoms with van der Waals surface area (Å²) < 4.78 is 11.4. The van der Waals surface area contributed by atoms with Crippen molar-refractivity contribution >= 4 is 17.6 Å². The average molecular weight is 348 g/mol. The summed E-state index contributed by atoms with van der Waals surface area (Å²) in [5.41, 5.74) is -1.32. The number of hydrogen-bond acceptors (Lipinski definition) is 6. The van der Waals surface area contributed by atoms with Crippen molar-refractivity contribution in [3.63, 3.8) is 0 Å². The van der Waals surface area contributed by atoms with Crippen LogP contribution in [0, 0.1) is 10.1 Å². The van der Waals surface area contributed by atoms with E-state index >= 15 is 0 Å². The molecule has 1 saturated heterocycles. The van der Waals surface area contributed by atoms with E-state index in [9.17, 15) is 19.7 Å². The Kier molecular flexibility index (Phi) is 3.93. The molecule has 0 N–H and O–H groups in total. The van der Waals surface area contributed by atoms with Gasteiger partial charge < -0.3 is 14.4 Å². The van der Waals surface area contributed by atoms with Gasteiger partial charge in [-0.25, -0.2) is 4.79 Å². The largest absolute Gasteiger partial charge is 0.484 e. The van der Waals surface area contributed by atoms with E-state index in [0.717, 1.165) is 0 Å². The van der Waals surface area contributed by atoms with E-state index in [1.807, 2.05) is 0 Å². The second-order valence-electron chi connectivity index (χ2n) is 7.47. The first-order valence-electron chi connectivity index (χ1n) is 8.07. The van der Waals surface area contributed by atoms with Gasteiger partial charge >= 0.3 is 6.09 Å². The van der Waals surface area contributed by atoms with Gasteiger partial charge in [0.2, 0.25) is 0 Å². The molecule has 8 nitrogen and oxygen atoms in total. The van der Waals surface area contributed by atoms with Crippen molar-refractivity contribution in [1.29, 1.82) is 0 Å². The van der Waals surface area contributed by atoms with E-state index in [-0.39, 0.29) is 30.0 Å². The smallest absolute Gasteiger partial charge is 0.410 e. The average Bonchev–Trinajstić information content (AvgIpc) is 2.88.